The third kappa shape index (κ3) is 58.8. The van der Waals surface area contributed by atoms with E-state index in [1.807, 2.05) is 0 Å². The Morgan fingerprint density at radius 2 is 0.534 bits per heavy atom. The highest BCUT2D eigenvalue weighted by Crippen LogP contribution is 2.15. The van der Waals surface area contributed by atoms with Gasteiger partial charge in [0.05, 0.1) is 0 Å². The number of carbonyl (C=O) groups is 3. The van der Waals surface area contributed by atoms with Gasteiger partial charge in [0.25, 0.3) is 0 Å². The molecule has 0 aliphatic rings. The van der Waals surface area contributed by atoms with Gasteiger partial charge in [0, 0.05) is 19.3 Å². The van der Waals surface area contributed by atoms with Crippen LogP contribution in [0.25, 0.3) is 0 Å². The second kappa shape index (κ2) is 60.6. The van der Waals surface area contributed by atoms with Crippen molar-refractivity contribution in [2.75, 3.05) is 13.2 Å². The number of ether oxygens (including phenoxy) is 3. The first-order chi connectivity index (χ1) is 36.0. The maximum atomic E-state index is 12.9. The van der Waals surface area contributed by atoms with Crippen molar-refractivity contribution in [3.8, 4) is 0 Å². The Morgan fingerprint density at radius 1 is 0.288 bits per heavy atom. The highest BCUT2D eigenvalue weighted by molar-refractivity contribution is 5.71. The van der Waals surface area contributed by atoms with E-state index in [0.29, 0.717) is 19.3 Å². The molecule has 0 heterocycles. The number of esters is 3. The van der Waals surface area contributed by atoms with E-state index in [9.17, 15) is 14.4 Å². The highest BCUT2D eigenvalue weighted by atomic mass is 16.6. The molecule has 416 valence electrons. The van der Waals surface area contributed by atoms with Crippen LogP contribution in [-0.4, -0.2) is 37.2 Å². The van der Waals surface area contributed by atoms with E-state index in [4.69, 9.17) is 14.2 Å². The lowest BCUT2D eigenvalue weighted by atomic mass is 10.1. The van der Waals surface area contributed by atoms with Crippen LogP contribution in [0.3, 0.4) is 0 Å². The lowest BCUT2D eigenvalue weighted by molar-refractivity contribution is -0.167. The van der Waals surface area contributed by atoms with Gasteiger partial charge >= 0.3 is 17.9 Å². The maximum Gasteiger partial charge on any atom is 0.306 e. The van der Waals surface area contributed by atoms with Crippen molar-refractivity contribution in [2.24, 2.45) is 0 Å². The molecule has 0 aromatic rings. The molecular formula is C67H112O6. The topological polar surface area (TPSA) is 78.9 Å². The van der Waals surface area contributed by atoms with Gasteiger partial charge in [0.1, 0.15) is 13.2 Å². The molecule has 73 heavy (non-hydrogen) atoms. The molecule has 0 saturated heterocycles. The predicted molar refractivity (Wildman–Crippen MR) is 316 cm³/mol. The van der Waals surface area contributed by atoms with Crippen molar-refractivity contribution in [3.05, 3.63) is 109 Å². The lowest BCUT2D eigenvalue weighted by Crippen LogP contribution is -2.30. The number of hydrogen-bond acceptors (Lipinski definition) is 6. The Hall–Kier alpha value is -3.93. The van der Waals surface area contributed by atoms with Crippen LogP contribution in [0.1, 0.15) is 278 Å². The smallest absolute Gasteiger partial charge is 0.306 e. The normalized spacial score (nSPS) is 12.9. The largest absolute Gasteiger partial charge is 0.462 e. The standard InChI is InChI=1S/C67H112O6/c1-4-7-10-13-16-19-22-25-28-30-31-32-33-34-35-37-39-42-45-48-51-54-57-60-66(69)72-63-64(62-71-65(68)59-56-53-50-47-44-41-38-27-24-21-18-15-12-9-6-3)73-67(70)61-58-55-52-49-46-43-40-36-29-26-23-20-17-14-11-8-5-2/h7,9-10,12,16,18-19,21,25-29,31-32,34-35,38,64H,4-6,8,11,13-15,17,20,22-24,30,33,36-37,39-63H2,1-3H3/b10-7-,12-9-,19-16-,21-18-,28-25-,29-26-,32-31-,35-34-,38-27-. The van der Waals surface area contributed by atoms with Gasteiger partial charge in [-0.2, -0.15) is 0 Å². The quantitative estimate of drug-likeness (QED) is 0.0261. The summed E-state index contributed by atoms with van der Waals surface area (Å²) < 4.78 is 16.9. The molecule has 0 radical (unpaired) electrons. The fourth-order valence-electron chi connectivity index (χ4n) is 8.24. The monoisotopic (exact) mass is 1010 g/mol. The molecule has 1 atom stereocenters. The van der Waals surface area contributed by atoms with Crippen LogP contribution in [0.5, 0.6) is 0 Å². The zero-order chi connectivity index (χ0) is 52.9. The van der Waals surface area contributed by atoms with Crippen LogP contribution in [0.4, 0.5) is 0 Å². The molecule has 0 aromatic carbocycles. The molecule has 0 amide bonds. The average Bonchev–Trinajstić information content (AvgIpc) is 3.39. The van der Waals surface area contributed by atoms with E-state index < -0.39 is 6.10 Å². The van der Waals surface area contributed by atoms with Crippen molar-refractivity contribution in [1.29, 1.82) is 0 Å². The van der Waals surface area contributed by atoms with Gasteiger partial charge in [0.15, 0.2) is 6.10 Å². The summed E-state index contributed by atoms with van der Waals surface area (Å²) in [5.74, 6) is -0.919. The minimum atomic E-state index is -0.795. The van der Waals surface area contributed by atoms with Crippen LogP contribution >= 0.6 is 0 Å². The minimum Gasteiger partial charge on any atom is -0.462 e. The average molecular weight is 1010 g/mol. The Balaban J connectivity index is 4.42. The zero-order valence-corrected chi connectivity index (χ0v) is 47.6. The van der Waals surface area contributed by atoms with Gasteiger partial charge in [0.2, 0.25) is 0 Å². The molecule has 0 aliphatic heterocycles. The molecule has 6 nitrogen and oxygen atoms in total. The first-order valence-corrected chi connectivity index (χ1v) is 30.4. The molecule has 0 spiro atoms. The van der Waals surface area contributed by atoms with Gasteiger partial charge in [-0.25, -0.2) is 0 Å². The number of hydrogen-bond donors (Lipinski definition) is 0. The number of unbranched alkanes of at least 4 members (excludes halogenated alkanes) is 25. The first kappa shape index (κ1) is 69.1. The SMILES string of the molecule is CC/C=C\C/C=C\C/C=C\C/C=C\C/C=C\CCCCCCCCCC(=O)OCC(COC(=O)CCCCCCC/C=C\C/C=C\C/C=C\CC)OC(=O)CCCCCCCCC/C=C\CCCCCCCC. The molecule has 1 unspecified atom stereocenters. The minimum absolute atomic E-state index is 0.0922. The van der Waals surface area contributed by atoms with E-state index in [0.717, 1.165) is 135 Å². The summed E-state index contributed by atoms with van der Waals surface area (Å²) in [5.41, 5.74) is 0. The summed E-state index contributed by atoms with van der Waals surface area (Å²) >= 11 is 0. The third-order valence-electron chi connectivity index (χ3n) is 12.7. The van der Waals surface area contributed by atoms with Crippen LogP contribution in [0, 0.1) is 0 Å². The van der Waals surface area contributed by atoms with Crippen molar-refractivity contribution in [1.82, 2.24) is 0 Å². The van der Waals surface area contributed by atoms with Gasteiger partial charge in [-0.15, -0.1) is 0 Å². The van der Waals surface area contributed by atoms with E-state index >= 15 is 0 Å². The van der Waals surface area contributed by atoms with E-state index in [2.05, 4.69) is 130 Å². The number of carbonyl (C=O) groups excluding carboxylic acids is 3. The summed E-state index contributed by atoms with van der Waals surface area (Å²) in [4.78, 5) is 38.3. The summed E-state index contributed by atoms with van der Waals surface area (Å²) in [6.45, 7) is 6.40. The van der Waals surface area contributed by atoms with Crippen molar-refractivity contribution in [2.45, 2.75) is 284 Å². The van der Waals surface area contributed by atoms with E-state index in [1.165, 1.54) is 103 Å². The van der Waals surface area contributed by atoms with Crippen molar-refractivity contribution >= 4 is 17.9 Å². The molecular weight excluding hydrogens is 901 g/mol. The van der Waals surface area contributed by atoms with Crippen molar-refractivity contribution < 1.29 is 28.6 Å². The zero-order valence-electron chi connectivity index (χ0n) is 47.6. The Morgan fingerprint density at radius 3 is 0.849 bits per heavy atom. The fourth-order valence-corrected chi connectivity index (χ4v) is 8.24. The van der Waals surface area contributed by atoms with Gasteiger partial charge in [-0.3, -0.25) is 14.4 Å². The summed E-state index contributed by atoms with van der Waals surface area (Å²) in [7, 11) is 0. The molecule has 0 fully saturated rings. The van der Waals surface area contributed by atoms with Crippen LogP contribution < -0.4 is 0 Å². The van der Waals surface area contributed by atoms with Crippen LogP contribution in [0.15, 0.2) is 109 Å². The van der Waals surface area contributed by atoms with Gasteiger partial charge in [-0.1, -0.05) is 246 Å². The Labute approximate surface area is 450 Å². The Bertz CT molecular complexity index is 1490. The highest BCUT2D eigenvalue weighted by Gasteiger charge is 2.19. The molecule has 0 aliphatic carbocycles. The number of allylic oxidation sites excluding steroid dienone is 18. The molecule has 6 heteroatoms. The molecule has 0 N–H and O–H groups in total. The Kier molecular flexibility index (Phi) is 57.4. The molecule has 0 rings (SSSR count). The summed E-state index contributed by atoms with van der Waals surface area (Å²) in [6.07, 6.45) is 82.2. The lowest BCUT2D eigenvalue weighted by Gasteiger charge is -2.18. The predicted octanol–water partition coefficient (Wildman–Crippen LogP) is 20.7. The molecule has 0 aromatic heterocycles. The second-order valence-corrected chi connectivity index (χ2v) is 19.8. The molecule has 0 saturated carbocycles. The second-order valence-electron chi connectivity index (χ2n) is 19.8. The summed E-state index contributed by atoms with van der Waals surface area (Å²) in [5, 5.41) is 0. The van der Waals surface area contributed by atoms with Gasteiger partial charge < -0.3 is 14.2 Å². The first-order valence-electron chi connectivity index (χ1n) is 30.4. The fraction of sp³-hybridized carbons (Fsp3) is 0.687. The van der Waals surface area contributed by atoms with Gasteiger partial charge in [-0.05, 0) is 122 Å². The van der Waals surface area contributed by atoms with E-state index in [1.54, 1.807) is 0 Å². The third-order valence-corrected chi connectivity index (χ3v) is 12.7. The van der Waals surface area contributed by atoms with Crippen molar-refractivity contribution in [3.63, 3.8) is 0 Å². The van der Waals surface area contributed by atoms with Crippen LogP contribution in [-0.2, 0) is 28.6 Å². The van der Waals surface area contributed by atoms with E-state index in [-0.39, 0.29) is 31.1 Å². The van der Waals surface area contributed by atoms with Crippen LogP contribution in [0.2, 0.25) is 0 Å². The number of rotatable bonds is 54. The molecule has 0 bridgehead atoms. The summed E-state index contributed by atoms with van der Waals surface area (Å²) in [6, 6.07) is 0. The maximum absolute atomic E-state index is 12.9.